The predicted octanol–water partition coefficient (Wildman–Crippen LogP) is 2.76. The molecule has 2 aliphatic rings. The Labute approximate surface area is 112 Å². The average Bonchev–Trinajstić information content (AvgIpc) is 2.48. The Bertz CT molecular complexity index is 469. The summed E-state index contributed by atoms with van der Waals surface area (Å²) < 4.78 is 25.7. The highest BCUT2D eigenvalue weighted by Crippen LogP contribution is 2.47. The second kappa shape index (κ2) is 5.00. The van der Waals surface area contributed by atoms with Crippen LogP contribution in [0.25, 0.3) is 0 Å². The highest BCUT2D eigenvalue weighted by Gasteiger charge is 2.39. The summed E-state index contributed by atoms with van der Waals surface area (Å²) in [5.41, 5.74) is 6.37. The van der Waals surface area contributed by atoms with Crippen LogP contribution in [0.1, 0.15) is 37.7 Å². The van der Waals surface area contributed by atoms with Gasteiger partial charge in [0, 0.05) is 17.5 Å². The molecule has 0 unspecified atom stereocenters. The van der Waals surface area contributed by atoms with Crippen LogP contribution in [0, 0.1) is 5.82 Å². The average molecular weight is 265 g/mol. The van der Waals surface area contributed by atoms with Gasteiger partial charge in [-0.2, -0.15) is 0 Å². The van der Waals surface area contributed by atoms with Gasteiger partial charge in [-0.25, -0.2) is 4.39 Å². The summed E-state index contributed by atoms with van der Waals surface area (Å²) in [5.74, 6) is 1.02. The monoisotopic (exact) mass is 265 g/mol. The summed E-state index contributed by atoms with van der Waals surface area (Å²) in [6, 6.07) is 3.13. The van der Waals surface area contributed by atoms with Gasteiger partial charge in [-0.05, 0) is 25.0 Å². The molecule has 0 saturated heterocycles. The topological polar surface area (TPSA) is 44.5 Å². The molecule has 1 fully saturated rings. The molecule has 0 spiro atoms. The minimum Gasteiger partial charge on any atom is -0.486 e. The van der Waals surface area contributed by atoms with E-state index < -0.39 is 0 Å². The minimum atomic E-state index is -0.283. The zero-order chi connectivity index (χ0) is 13.3. The lowest BCUT2D eigenvalue weighted by molar-refractivity contribution is 0.162. The van der Waals surface area contributed by atoms with Gasteiger partial charge in [-0.1, -0.05) is 19.3 Å². The van der Waals surface area contributed by atoms with Gasteiger partial charge in [0.05, 0.1) is 0 Å². The number of rotatable bonds is 2. The van der Waals surface area contributed by atoms with Gasteiger partial charge >= 0.3 is 0 Å². The van der Waals surface area contributed by atoms with E-state index in [4.69, 9.17) is 15.2 Å². The first-order valence-electron chi connectivity index (χ1n) is 7.05. The molecule has 3 rings (SSSR count). The number of hydrogen-bond donors (Lipinski definition) is 1. The van der Waals surface area contributed by atoms with Crippen molar-refractivity contribution in [3.63, 3.8) is 0 Å². The summed E-state index contributed by atoms with van der Waals surface area (Å²) in [6.45, 7) is 1.46. The van der Waals surface area contributed by atoms with E-state index in [1.54, 1.807) is 6.07 Å². The van der Waals surface area contributed by atoms with E-state index in [0.29, 0.717) is 36.8 Å². The molecule has 0 amide bonds. The Balaban J connectivity index is 2.11. The summed E-state index contributed by atoms with van der Waals surface area (Å²) >= 11 is 0. The largest absolute Gasteiger partial charge is 0.486 e. The first-order chi connectivity index (χ1) is 9.27. The maximum Gasteiger partial charge on any atom is 0.168 e. The van der Waals surface area contributed by atoms with Crippen LogP contribution in [0.5, 0.6) is 11.5 Å². The van der Waals surface area contributed by atoms with Crippen LogP contribution in [0.2, 0.25) is 0 Å². The fourth-order valence-electron chi connectivity index (χ4n) is 3.37. The van der Waals surface area contributed by atoms with Gasteiger partial charge in [0.1, 0.15) is 19.0 Å². The van der Waals surface area contributed by atoms with Crippen molar-refractivity contribution in [2.24, 2.45) is 5.73 Å². The molecular formula is C15H20FNO2. The third kappa shape index (κ3) is 2.08. The fraction of sp³-hybridized carbons (Fsp3) is 0.600. The predicted molar refractivity (Wildman–Crippen MR) is 71.2 cm³/mol. The van der Waals surface area contributed by atoms with Crippen molar-refractivity contribution in [3.05, 3.63) is 23.5 Å². The van der Waals surface area contributed by atoms with Crippen LogP contribution in [0.4, 0.5) is 4.39 Å². The second-order valence-electron chi connectivity index (χ2n) is 5.49. The number of halogens is 1. The lowest BCUT2D eigenvalue weighted by Gasteiger charge is -2.38. The third-order valence-corrected chi connectivity index (χ3v) is 4.39. The maximum absolute atomic E-state index is 14.4. The van der Waals surface area contributed by atoms with Gasteiger partial charge in [-0.3, -0.25) is 0 Å². The smallest absolute Gasteiger partial charge is 0.168 e. The van der Waals surface area contributed by atoms with Gasteiger partial charge in [0.15, 0.2) is 11.5 Å². The third-order valence-electron chi connectivity index (χ3n) is 4.39. The van der Waals surface area contributed by atoms with E-state index in [1.165, 1.54) is 12.5 Å². The van der Waals surface area contributed by atoms with Crippen LogP contribution in [0.3, 0.4) is 0 Å². The Kier molecular flexibility index (Phi) is 3.35. The number of hydrogen-bond acceptors (Lipinski definition) is 3. The van der Waals surface area contributed by atoms with E-state index in [2.05, 4.69) is 0 Å². The molecule has 104 valence electrons. The first-order valence-corrected chi connectivity index (χ1v) is 7.05. The molecule has 2 N–H and O–H groups in total. The molecule has 1 saturated carbocycles. The maximum atomic E-state index is 14.4. The molecule has 0 bridgehead atoms. The Morgan fingerprint density at radius 3 is 2.58 bits per heavy atom. The first kappa shape index (κ1) is 12.7. The summed E-state index contributed by atoms with van der Waals surface area (Å²) in [5, 5.41) is 0. The zero-order valence-corrected chi connectivity index (χ0v) is 11.1. The van der Waals surface area contributed by atoms with E-state index in [1.807, 2.05) is 0 Å². The standard InChI is InChI=1S/C15H20FNO2/c16-11-4-5-12-14(19-9-8-18-12)13(11)15(10-17)6-2-1-3-7-15/h4-5H,1-3,6-10,17H2. The Morgan fingerprint density at radius 2 is 1.84 bits per heavy atom. The van der Waals surface area contributed by atoms with E-state index >= 15 is 0 Å². The number of fused-ring (bicyclic) bond motifs is 1. The number of nitrogens with two attached hydrogens (primary N) is 1. The molecule has 4 heteroatoms. The van der Waals surface area contributed by atoms with Crippen LogP contribution in [-0.2, 0) is 5.41 Å². The number of benzene rings is 1. The SMILES string of the molecule is NCC1(c2c(F)ccc3c2OCCO3)CCCCC1. The lowest BCUT2D eigenvalue weighted by Crippen LogP contribution is -2.39. The minimum absolute atomic E-state index is 0.211. The zero-order valence-electron chi connectivity index (χ0n) is 11.1. The van der Waals surface area contributed by atoms with Crippen LogP contribution in [-0.4, -0.2) is 19.8 Å². The van der Waals surface area contributed by atoms with Crippen molar-refractivity contribution in [1.82, 2.24) is 0 Å². The molecule has 3 nitrogen and oxygen atoms in total. The molecule has 1 aliphatic heterocycles. The molecular weight excluding hydrogens is 245 g/mol. The van der Waals surface area contributed by atoms with Gasteiger partial charge in [-0.15, -0.1) is 0 Å². The molecule has 19 heavy (non-hydrogen) atoms. The molecule has 0 radical (unpaired) electrons. The van der Waals surface area contributed by atoms with Gasteiger partial charge in [0.25, 0.3) is 0 Å². The number of ether oxygens (including phenoxy) is 2. The molecule has 0 aromatic heterocycles. The van der Waals surface area contributed by atoms with Crippen molar-refractivity contribution < 1.29 is 13.9 Å². The quantitative estimate of drug-likeness (QED) is 0.894. The highest BCUT2D eigenvalue weighted by molar-refractivity contribution is 5.52. The van der Waals surface area contributed by atoms with Crippen molar-refractivity contribution in [1.29, 1.82) is 0 Å². The molecule has 0 atom stereocenters. The van der Waals surface area contributed by atoms with Gasteiger partial charge in [0.2, 0.25) is 0 Å². The second-order valence-corrected chi connectivity index (χ2v) is 5.49. The van der Waals surface area contributed by atoms with Crippen molar-refractivity contribution in [2.45, 2.75) is 37.5 Å². The van der Waals surface area contributed by atoms with Crippen LogP contribution < -0.4 is 15.2 Å². The summed E-state index contributed by atoms with van der Waals surface area (Å²) in [6.07, 6.45) is 5.26. The van der Waals surface area contributed by atoms with Crippen molar-refractivity contribution in [3.8, 4) is 11.5 Å². The van der Waals surface area contributed by atoms with E-state index in [0.717, 1.165) is 25.7 Å². The van der Waals surface area contributed by atoms with E-state index in [9.17, 15) is 4.39 Å². The summed E-state index contributed by atoms with van der Waals surface area (Å²) in [4.78, 5) is 0. The molecule has 1 aromatic rings. The van der Waals surface area contributed by atoms with Crippen molar-refractivity contribution in [2.75, 3.05) is 19.8 Å². The Hall–Kier alpha value is -1.29. The Morgan fingerprint density at radius 1 is 1.11 bits per heavy atom. The summed E-state index contributed by atoms with van der Waals surface area (Å²) in [7, 11) is 0. The van der Waals surface area contributed by atoms with E-state index in [-0.39, 0.29) is 11.2 Å². The lowest BCUT2D eigenvalue weighted by atomic mass is 9.69. The van der Waals surface area contributed by atoms with Crippen LogP contribution >= 0.6 is 0 Å². The molecule has 1 aliphatic carbocycles. The van der Waals surface area contributed by atoms with Crippen molar-refractivity contribution >= 4 is 0 Å². The highest BCUT2D eigenvalue weighted by atomic mass is 19.1. The van der Waals surface area contributed by atoms with Gasteiger partial charge < -0.3 is 15.2 Å². The fourth-order valence-corrected chi connectivity index (χ4v) is 3.37. The molecule has 1 aromatic carbocycles. The normalized spacial score (nSPS) is 21.2. The molecule has 1 heterocycles. The van der Waals surface area contributed by atoms with Crippen LogP contribution in [0.15, 0.2) is 12.1 Å².